The van der Waals surface area contributed by atoms with Crippen LogP contribution in [-0.4, -0.2) is 27.8 Å². The van der Waals surface area contributed by atoms with Crippen molar-refractivity contribution in [3.63, 3.8) is 0 Å². The van der Waals surface area contributed by atoms with Crippen LogP contribution in [0, 0.1) is 12.7 Å². The van der Waals surface area contributed by atoms with Crippen LogP contribution < -0.4 is 5.32 Å². The van der Waals surface area contributed by atoms with E-state index in [4.69, 9.17) is 4.52 Å². The van der Waals surface area contributed by atoms with Crippen LogP contribution in [0.1, 0.15) is 18.1 Å². The Morgan fingerprint density at radius 2 is 2.07 bits per heavy atom. The molecule has 27 heavy (non-hydrogen) atoms. The molecule has 0 radical (unpaired) electrons. The van der Waals surface area contributed by atoms with Gasteiger partial charge in [-0.1, -0.05) is 58.9 Å². The van der Waals surface area contributed by atoms with Crippen LogP contribution in [0.4, 0.5) is 4.39 Å². The number of benzene rings is 2. The molecule has 140 valence electrons. The summed E-state index contributed by atoms with van der Waals surface area (Å²) in [7, 11) is 0. The number of rotatable bonds is 7. The second-order valence-electron chi connectivity index (χ2n) is 6.31. The van der Waals surface area contributed by atoms with Crippen molar-refractivity contribution in [2.75, 3.05) is 5.75 Å². The maximum Gasteiger partial charge on any atom is 0.286 e. The van der Waals surface area contributed by atoms with Crippen molar-refractivity contribution in [3.05, 3.63) is 65.5 Å². The van der Waals surface area contributed by atoms with Gasteiger partial charge in [-0.3, -0.25) is 4.79 Å². The summed E-state index contributed by atoms with van der Waals surface area (Å²) in [6, 6.07) is 14.2. The summed E-state index contributed by atoms with van der Waals surface area (Å²) in [4.78, 5) is 16.4. The molecule has 1 heterocycles. The molecule has 0 aliphatic rings. The van der Waals surface area contributed by atoms with E-state index in [1.165, 1.54) is 17.8 Å². The lowest BCUT2D eigenvalue weighted by Gasteiger charge is -2.13. The fourth-order valence-corrected chi connectivity index (χ4v) is 3.24. The van der Waals surface area contributed by atoms with Crippen LogP contribution in [0.5, 0.6) is 0 Å². The average Bonchev–Trinajstić information content (AvgIpc) is 3.11. The van der Waals surface area contributed by atoms with Crippen molar-refractivity contribution in [2.24, 2.45) is 0 Å². The van der Waals surface area contributed by atoms with Gasteiger partial charge in [0, 0.05) is 11.6 Å². The molecule has 0 aliphatic heterocycles. The van der Waals surface area contributed by atoms with Gasteiger partial charge < -0.3 is 9.84 Å². The molecule has 0 fully saturated rings. The van der Waals surface area contributed by atoms with Gasteiger partial charge >= 0.3 is 0 Å². The number of carbonyl (C=O) groups is 1. The SMILES string of the molecule is Cc1cccc(-c2noc(SCC(=O)N[C@H](C)Cc3ccccc3F)n2)c1. The van der Waals surface area contributed by atoms with Crippen LogP contribution in [0.25, 0.3) is 11.4 Å². The van der Waals surface area contributed by atoms with Crippen LogP contribution in [0.2, 0.25) is 0 Å². The number of nitrogens with one attached hydrogen (secondary N) is 1. The first kappa shape index (κ1) is 19.1. The summed E-state index contributed by atoms with van der Waals surface area (Å²) in [6.45, 7) is 3.84. The van der Waals surface area contributed by atoms with Gasteiger partial charge in [0.1, 0.15) is 5.82 Å². The van der Waals surface area contributed by atoms with Gasteiger partial charge in [0.15, 0.2) is 0 Å². The smallest absolute Gasteiger partial charge is 0.286 e. The molecule has 7 heteroatoms. The first-order valence-electron chi connectivity index (χ1n) is 8.57. The van der Waals surface area contributed by atoms with Crippen LogP contribution >= 0.6 is 11.8 Å². The molecule has 0 aliphatic carbocycles. The molecule has 1 aromatic heterocycles. The summed E-state index contributed by atoms with van der Waals surface area (Å²) < 4.78 is 18.9. The molecule has 0 saturated carbocycles. The zero-order valence-corrected chi connectivity index (χ0v) is 15.9. The Morgan fingerprint density at radius 3 is 2.85 bits per heavy atom. The molecule has 3 aromatic rings. The topological polar surface area (TPSA) is 68.0 Å². The number of amides is 1. The Kier molecular flexibility index (Phi) is 6.24. The molecule has 5 nitrogen and oxygen atoms in total. The third kappa shape index (κ3) is 5.40. The van der Waals surface area contributed by atoms with Crippen molar-refractivity contribution in [1.82, 2.24) is 15.5 Å². The molecule has 0 bridgehead atoms. The summed E-state index contributed by atoms with van der Waals surface area (Å²) in [5.41, 5.74) is 2.56. The predicted octanol–water partition coefficient (Wildman–Crippen LogP) is 4.02. The molecule has 0 spiro atoms. The Morgan fingerprint density at radius 1 is 1.26 bits per heavy atom. The number of hydrogen-bond acceptors (Lipinski definition) is 5. The van der Waals surface area contributed by atoms with Gasteiger partial charge in [-0.15, -0.1) is 0 Å². The fraction of sp³-hybridized carbons (Fsp3) is 0.250. The van der Waals surface area contributed by atoms with E-state index in [0.717, 1.165) is 11.1 Å². The highest BCUT2D eigenvalue weighted by Crippen LogP contribution is 2.22. The number of aryl methyl sites for hydroxylation is 1. The summed E-state index contributed by atoms with van der Waals surface area (Å²) >= 11 is 1.17. The highest BCUT2D eigenvalue weighted by atomic mass is 32.2. The first-order chi connectivity index (χ1) is 13.0. The fourth-order valence-electron chi connectivity index (χ4n) is 2.66. The second-order valence-corrected chi connectivity index (χ2v) is 7.23. The van der Waals surface area contributed by atoms with Crippen molar-refractivity contribution in [3.8, 4) is 11.4 Å². The van der Waals surface area contributed by atoms with Gasteiger partial charge in [-0.2, -0.15) is 4.98 Å². The minimum Gasteiger partial charge on any atom is -0.353 e. The lowest BCUT2D eigenvalue weighted by Crippen LogP contribution is -2.35. The molecular weight excluding hydrogens is 365 g/mol. The molecule has 1 amide bonds. The molecule has 1 N–H and O–H groups in total. The van der Waals surface area contributed by atoms with E-state index in [9.17, 15) is 9.18 Å². The largest absolute Gasteiger partial charge is 0.353 e. The average molecular weight is 385 g/mol. The molecule has 3 rings (SSSR count). The number of hydrogen-bond donors (Lipinski definition) is 1. The molecule has 0 saturated heterocycles. The van der Waals surface area contributed by atoms with Gasteiger partial charge in [-0.25, -0.2) is 4.39 Å². The molecule has 2 aromatic carbocycles. The van der Waals surface area contributed by atoms with Crippen molar-refractivity contribution in [2.45, 2.75) is 31.5 Å². The van der Waals surface area contributed by atoms with Crippen molar-refractivity contribution in [1.29, 1.82) is 0 Å². The van der Waals surface area contributed by atoms with Crippen LogP contribution in [0.15, 0.2) is 58.3 Å². The number of carbonyl (C=O) groups excluding carboxylic acids is 1. The summed E-state index contributed by atoms with van der Waals surface area (Å²) in [5, 5.41) is 7.14. The lowest BCUT2D eigenvalue weighted by atomic mass is 10.1. The van der Waals surface area contributed by atoms with E-state index in [1.807, 2.05) is 38.1 Å². The maximum absolute atomic E-state index is 13.7. The zero-order valence-electron chi connectivity index (χ0n) is 15.1. The normalized spacial score (nSPS) is 12.0. The van der Waals surface area contributed by atoms with Gasteiger partial charge in [-0.05, 0) is 38.0 Å². The summed E-state index contributed by atoms with van der Waals surface area (Å²) in [5.74, 6) is 0.216. The van der Waals surface area contributed by atoms with E-state index >= 15 is 0 Å². The second kappa shape index (κ2) is 8.81. The number of halogens is 1. The number of aromatic nitrogens is 2. The standard InChI is InChI=1S/C20H20FN3O2S/c1-13-6-5-8-16(10-13)19-23-20(26-24-19)27-12-18(25)22-14(2)11-15-7-3-4-9-17(15)21/h3-10,14H,11-12H2,1-2H3,(H,22,25)/t14-/m1/s1. The van der Waals surface area contributed by atoms with Gasteiger partial charge in [0.25, 0.3) is 5.22 Å². The predicted molar refractivity (Wildman–Crippen MR) is 103 cm³/mol. The van der Waals surface area contributed by atoms with E-state index < -0.39 is 0 Å². The minimum atomic E-state index is -0.262. The Balaban J connectivity index is 1.50. The monoisotopic (exact) mass is 385 g/mol. The Labute approximate surface area is 161 Å². The summed E-state index contributed by atoms with van der Waals surface area (Å²) in [6.07, 6.45) is 0.432. The quantitative estimate of drug-likeness (QED) is 0.622. The van der Waals surface area contributed by atoms with E-state index in [2.05, 4.69) is 15.5 Å². The van der Waals surface area contributed by atoms with E-state index in [-0.39, 0.29) is 23.5 Å². The van der Waals surface area contributed by atoms with Gasteiger partial charge in [0.2, 0.25) is 11.7 Å². The molecule has 1 atom stereocenters. The third-order valence-corrected chi connectivity index (χ3v) is 4.72. The first-order valence-corrected chi connectivity index (χ1v) is 9.56. The third-order valence-electron chi connectivity index (χ3n) is 3.90. The number of nitrogens with zero attached hydrogens (tertiary/aromatic N) is 2. The lowest BCUT2D eigenvalue weighted by molar-refractivity contribution is -0.119. The van der Waals surface area contributed by atoms with Crippen LogP contribution in [-0.2, 0) is 11.2 Å². The van der Waals surface area contributed by atoms with E-state index in [1.54, 1.807) is 18.2 Å². The van der Waals surface area contributed by atoms with Gasteiger partial charge in [0.05, 0.1) is 5.75 Å². The minimum absolute atomic E-state index is 0.150. The highest BCUT2D eigenvalue weighted by molar-refractivity contribution is 7.99. The Bertz CT molecular complexity index is 929. The Hall–Kier alpha value is -2.67. The van der Waals surface area contributed by atoms with Crippen molar-refractivity contribution >= 4 is 17.7 Å². The number of thioether (sulfide) groups is 1. The molecular formula is C20H20FN3O2S. The van der Waals surface area contributed by atoms with Crippen molar-refractivity contribution < 1.29 is 13.7 Å². The van der Waals surface area contributed by atoms with Crippen LogP contribution in [0.3, 0.4) is 0 Å². The maximum atomic E-state index is 13.7. The zero-order chi connectivity index (χ0) is 19.2. The highest BCUT2D eigenvalue weighted by Gasteiger charge is 2.14. The van der Waals surface area contributed by atoms with E-state index in [0.29, 0.717) is 23.0 Å². The molecule has 0 unspecified atom stereocenters.